The van der Waals surface area contributed by atoms with Crippen molar-refractivity contribution in [1.29, 1.82) is 0 Å². The largest absolute Gasteiger partial charge is 0.310 e. The molecule has 2 heterocycles. The molecular formula is C12H17N5OS2. The van der Waals surface area contributed by atoms with Crippen LogP contribution in [0.15, 0.2) is 6.07 Å². The zero-order chi connectivity index (χ0) is 14.5. The zero-order valence-corrected chi connectivity index (χ0v) is 13.3. The Morgan fingerprint density at radius 3 is 2.80 bits per heavy atom. The highest BCUT2D eigenvalue weighted by Gasteiger charge is 2.08. The molecule has 1 N–H and O–H groups in total. The average Bonchev–Trinajstić information content (AvgIpc) is 2.97. The maximum absolute atomic E-state index is 11.8. The maximum Gasteiger partial charge on any atom is 0.235 e. The van der Waals surface area contributed by atoms with E-state index >= 15 is 0 Å². The second kappa shape index (κ2) is 6.85. The van der Waals surface area contributed by atoms with Crippen molar-refractivity contribution in [2.45, 2.75) is 26.0 Å². The van der Waals surface area contributed by atoms with Gasteiger partial charge in [-0.05, 0) is 13.3 Å². The molecule has 0 bridgehead atoms. The number of aromatic nitrogens is 4. The second-order valence-electron chi connectivity index (χ2n) is 4.28. The van der Waals surface area contributed by atoms with E-state index in [0.717, 1.165) is 33.7 Å². The number of nitrogens with zero attached hydrogens (tertiary/aromatic N) is 4. The lowest BCUT2D eigenvalue weighted by molar-refractivity contribution is -0.113. The van der Waals surface area contributed by atoms with E-state index in [9.17, 15) is 4.79 Å². The fraction of sp³-hybridized carbons (Fsp3) is 0.500. The molecule has 2 rings (SSSR count). The van der Waals surface area contributed by atoms with Crippen molar-refractivity contribution in [3.05, 3.63) is 21.8 Å². The number of nitrogens with one attached hydrogen (secondary N) is 1. The normalized spacial score (nSPS) is 10.8. The van der Waals surface area contributed by atoms with Crippen LogP contribution in [-0.2, 0) is 24.0 Å². The molecule has 108 valence electrons. The van der Waals surface area contributed by atoms with Crippen LogP contribution >= 0.6 is 23.1 Å². The Balaban J connectivity index is 1.76. The van der Waals surface area contributed by atoms with Crippen LogP contribution < -0.4 is 5.32 Å². The topological polar surface area (TPSA) is 72.7 Å². The molecular weight excluding hydrogens is 294 g/mol. The van der Waals surface area contributed by atoms with E-state index < -0.39 is 0 Å². The quantitative estimate of drug-likeness (QED) is 0.883. The lowest BCUT2D eigenvalue weighted by Crippen LogP contribution is -2.16. The van der Waals surface area contributed by atoms with Crippen molar-refractivity contribution in [2.75, 3.05) is 11.1 Å². The van der Waals surface area contributed by atoms with Gasteiger partial charge in [-0.2, -0.15) is 5.10 Å². The van der Waals surface area contributed by atoms with Gasteiger partial charge in [-0.15, -0.1) is 33.3 Å². The summed E-state index contributed by atoms with van der Waals surface area (Å²) in [5.41, 5.74) is 0.886. The maximum atomic E-state index is 11.8. The minimum absolute atomic E-state index is 0.0294. The first-order chi connectivity index (χ1) is 9.58. The van der Waals surface area contributed by atoms with Crippen molar-refractivity contribution in [2.24, 2.45) is 7.05 Å². The van der Waals surface area contributed by atoms with Gasteiger partial charge < -0.3 is 5.32 Å². The highest BCUT2D eigenvalue weighted by atomic mass is 32.2. The molecule has 0 unspecified atom stereocenters. The molecule has 0 saturated heterocycles. The molecule has 0 aromatic carbocycles. The molecule has 0 saturated carbocycles. The van der Waals surface area contributed by atoms with Gasteiger partial charge in [0.15, 0.2) is 0 Å². The first kappa shape index (κ1) is 15.0. The Kier molecular flexibility index (Phi) is 5.13. The Morgan fingerprint density at radius 2 is 2.20 bits per heavy atom. The molecule has 0 aliphatic rings. The second-order valence-corrected chi connectivity index (χ2v) is 6.41. The van der Waals surface area contributed by atoms with Crippen molar-refractivity contribution in [1.82, 2.24) is 20.0 Å². The van der Waals surface area contributed by atoms with Gasteiger partial charge in [0, 0.05) is 18.9 Å². The van der Waals surface area contributed by atoms with Crippen LogP contribution in [0.25, 0.3) is 0 Å². The number of rotatable bonds is 6. The smallest absolute Gasteiger partial charge is 0.235 e. The number of carbonyl (C=O) groups excluding carboxylic acids is 1. The van der Waals surface area contributed by atoms with Crippen LogP contribution in [0, 0.1) is 6.92 Å². The van der Waals surface area contributed by atoms with Crippen molar-refractivity contribution in [3.63, 3.8) is 0 Å². The summed E-state index contributed by atoms with van der Waals surface area (Å²) in [6.45, 7) is 3.95. The van der Waals surface area contributed by atoms with Gasteiger partial charge in [0.2, 0.25) is 5.91 Å². The van der Waals surface area contributed by atoms with Gasteiger partial charge in [-0.1, -0.05) is 6.92 Å². The summed E-state index contributed by atoms with van der Waals surface area (Å²) < 4.78 is 1.66. The molecule has 0 fully saturated rings. The number of hydrogen-bond acceptors (Lipinski definition) is 6. The first-order valence-corrected chi connectivity index (χ1v) is 8.25. The number of hydrogen-bond donors (Lipinski definition) is 1. The van der Waals surface area contributed by atoms with Gasteiger partial charge in [0.05, 0.1) is 11.4 Å². The first-order valence-electron chi connectivity index (χ1n) is 6.28. The Morgan fingerprint density at radius 1 is 1.45 bits per heavy atom. The molecule has 0 atom stereocenters. The summed E-state index contributed by atoms with van der Waals surface area (Å²) >= 11 is 3.14. The Bertz CT molecular complexity index is 592. The molecule has 1 amide bonds. The van der Waals surface area contributed by atoms with Gasteiger partial charge in [-0.25, -0.2) is 0 Å². The number of anilines is 1. The van der Waals surface area contributed by atoms with Gasteiger partial charge in [-0.3, -0.25) is 9.48 Å². The van der Waals surface area contributed by atoms with E-state index in [1.807, 2.05) is 20.0 Å². The predicted molar refractivity (Wildman–Crippen MR) is 82.0 cm³/mol. The molecule has 6 nitrogen and oxygen atoms in total. The number of carbonyl (C=O) groups is 1. The molecule has 0 spiro atoms. The summed E-state index contributed by atoms with van der Waals surface area (Å²) in [4.78, 5) is 11.8. The predicted octanol–water partition coefficient (Wildman–Crippen LogP) is 2.01. The Labute approximate surface area is 126 Å². The average molecular weight is 311 g/mol. The van der Waals surface area contributed by atoms with Crippen LogP contribution in [0.5, 0.6) is 0 Å². The summed E-state index contributed by atoms with van der Waals surface area (Å²) in [6, 6.07) is 1.85. The molecule has 0 radical (unpaired) electrons. The molecule has 0 aliphatic carbocycles. The molecule has 8 heteroatoms. The zero-order valence-electron chi connectivity index (χ0n) is 11.7. The third kappa shape index (κ3) is 4.04. The van der Waals surface area contributed by atoms with Gasteiger partial charge >= 0.3 is 0 Å². The van der Waals surface area contributed by atoms with Crippen molar-refractivity contribution >= 4 is 34.8 Å². The standard InChI is InChI=1S/C12H17N5OS2/c1-4-11-14-15-12(20-11)7-19-6-10(18)13-9-5-8(2)16-17(9)3/h5H,4,6-7H2,1-3H3,(H,13,18). The molecule has 2 aromatic rings. The monoisotopic (exact) mass is 311 g/mol. The molecule has 2 aromatic heterocycles. The SMILES string of the molecule is CCc1nnc(CSCC(=O)Nc2cc(C)nn2C)s1. The van der Waals surface area contributed by atoms with Crippen molar-refractivity contribution in [3.8, 4) is 0 Å². The lowest BCUT2D eigenvalue weighted by atomic mass is 10.4. The van der Waals surface area contributed by atoms with Crippen LogP contribution in [0.1, 0.15) is 22.6 Å². The van der Waals surface area contributed by atoms with Crippen LogP contribution in [-0.4, -0.2) is 31.6 Å². The third-order valence-corrected chi connectivity index (χ3v) is 4.73. The fourth-order valence-electron chi connectivity index (χ4n) is 1.63. The highest BCUT2D eigenvalue weighted by Crippen LogP contribution is 2.17. The third-order valence-electron chi connectivity index (χ3n) is 2.54. The number of thioether (sulfide) groups is 1. The summed E-state index contributed by atoms with van der Waals surface area (Å²) in [5.74, 6) is 1.80. The van der Waals surface area contributed by atoms with Crippen LogP contribution in [0.4, 0.5) is 5.82 Å². The van der Waals surface area contributed by atoms with Gasteiger partial charge in [0.1, 0.15) is 15.8 Å². The van der Waals surface area contributed by atoms with E-state index in [-0.39, 0.29) is 5.91 Å². The van der Waals surface area contributed by atoms with E-state index in [1.54, 1.807) is 16.0 Å². The van der Waals surface area contributed by atoms with Gasteiger partial charge in [0.25, 0.3) is 0 Å². The van der Waals surface area contributed by atoms with E-state index in [4.69, 9.17) is 0 Å². The van der Waals surface area contributed by atoms with E-state index in [1.165, 1.54) is 11.8 Å². The lowest BCUT2D eigenvalue weighted by Gasteiger charge is -2.04. The fourth-order valence-corrected chi connectivity index (χ4v) is 3.28. The van der Waals surface area contributed by atoms with Crippen LogP contribution in [0.2, 0.25) is 0 Å². The molecule has 20 heavy (non-hydrogen) atoms. The minimum Gasteiger partial charge on any atom is -0.310 e. The van der Waals surface area contributed by atoms with E-state index in [2.05, 4.69) is 27.5 Å². The van der Waals surface area contributed by atoms with Crippen LogP contribution in [0.3, 0.4) is 0 Å². The van der Waals surface area contributed by atoms with E-state index in [0.29, 0.717) is 5.75 Å². The summed E-state index contributed by atoms with van der Waals surface area (Å²) in [5, 5.41) is 17.2. The number of amides is 1. The molecule has 0 aliphatic heterocycles. The number of aryl methyl sites for hydroxylation is 3. The van der Waals surface area contributed by atoms with Crippen molar-refractivity contribution < 1.29 is 4.79 Å². The minimum atomic E-state index is -0.0294. The summed E-state index contributed by atoms with van der Waals surface area (Å²) in [6.07, 6.45) is 0.905. The Hall–Kier alpha value is -1.41. The highest BCUT2D eigenvalue weighted by molar-refractivity contribution is 7.99. The summed E-state index contributed by atoms with van der Waals surface area (Å²) in [7, 11) is 1.81.